The Hall–Kier alpha value is -0.530. The highest BCUT2D eigenvalue weighted by atomic mass is 16.2. The number of amides is 1. The van der Waals surface area contributed by atoms with Gasteiger partial charge >= 0.3 is 0 Å². The van der Waals surface area contributed by atoms with Crippen LogP contribution in [0.5, 0.6) is 0 Å². The zero-order valence-electron chi connectivity index (χ0n) is 11.8. The second-order valence-electron chi connectivity index (χ2n) is 4.45. The predicted octanol–water partition coefficient (Wildman–Crippen LogP) is 3.61. The van der Waals surface area contributed by atoms with Gasteiger partial charge in [0.25, 0.3) is 0 Å². The van der Waals surface area contributed by atoms with Gasteiger partial charge in [-0.3, -0.25) is 4.79 Å². The van der Waals surface area contributed by atoms with E-state index in [1.165, 1.54) is 0 Å². The Kier molecular flexibility index (Phi) is 8.69. The minimum atomic E-state index is 0.144. The van der Waals surface area contributed by atoms with Gasteiger partial charge in [0.2, 0.25) is 5.91 Å². The Bertz CT molecular complexity index is 173. The smallest absolute Gasteiger partial charge is 0.220 e. The number of carbonyl (C=O) groups is 1. The number of rotatable bonds is 1. The van der Waals surface area contributed by atoms with Crippen molar-refractivity contribution in [3.05, 3.63) is 0 Å². The summed E-state index contributed by atoms with van der Waals surface area (Å²) in [5, 5.41) is 3.00. The van der Waals surface area contributed by atoms with Gasteiger partial charge in [0.1, 0.15) is 0 Å². The fourth-order valence-electron chi connectivity index (χ4n) is 2.01. The van der Waals surface area contributed by atoms with Crippen molar-refractivity contribution in [3.63, 3.8) is 0 Å². The van der Waals surface area contributed by atoms with Crippen LogP contribution in [0.2, 0.25) is 0 Å². The monoisotopic (exact) mass is 215 g/mol. The SMILES string of the molecule is CC.CC.CC(C)C1NC(=O)CC1(C)C. The summed E-state index contributed by atoms with van der Waals surface area (Å²) < 4.78 is 0. The molecule has 1 aliphatic heterocycles. The molecule has 2 nitrogen and oxygen atoms in total. The van der Waals surface area contributed by atoms with Gasteiger partial charge in [-0.2, -0.15) is 0 Å². The molecule has 0 aliphatic carbocycles. The zero-order valence-corrected chi connectivity index (χ0v) is 11.8. The summed E-state index contributed by atoms with van der Waals surface area (Å²) in [5.74, 6) is 0.741. The second kappa shape index (κ2) is 7.72. The lowest BCUT2D eigenvalue weighted by Gasteiger charge is -2.28. The van der Waals surface area contributed by atoms with Gasteiger partial charge in [-0.25, -0.2) is 0 Å². The molecule has 0 radical (unpaired) electrons. The Morgan fingerprint density at radius 3 is 1.73 bits per heavy atom. The molecule has 1 atom stereocenters. The predicted molar refractivity (Wildman–Crippen MR) is 67.9 cm³/mol. The van der Waals surface area contributed by atoms with E-state index in [0.717, 1.165) is 0 Å². The molecule has 1 rings (SSSR count). The van der Waals surface area contributed by atoms with Crippen molar-refractivity contribution in [3.8, 4) is 0 Å². The largest absolute Gasteiger partial charge is 0.353 e. The van der Waals surface area contributed by atoms with E-state index >= 15 is 0 Å². The molecule has 0 aromatic carbocycles. The maximum Gasteiger partial charge on any atom is 0.220 e. The highest BCUT2D eigenvalue weighted by Gasteiger charge is 2.40. The Labute approximate surface area is 95.8 Å². The van der Waals surface area contributed by atoms with E-state index < -0.39 is 0 Å². The van der Waals surface area contributed by atoms with Crippen molar-refractivity contribution in [2.45, 2.75) is 67.9 Å². The van der Waals surface area contributed by atoms with E-state index in [1.807, 2.05) is 27.7 Å². The summed E-state index contributed by atoms with van der Waals surface area (Å²) in [6, 6.07) is 0.356. The van der Waals surface area contributed by atoms with Gasteiger partial charge in [-0.15, -0.1) is 0 Å². The summed E-state index contributed by atoms with van der Waals surface area (Å²) in [4.78, 5) is 11.1. The van der Waals surface area contributed by atoms with Crippen LogP contribution in [0.4, 0.5) is 0 Å². The van der Waals surface area contributed by atoms with Crippen molar-refractivity contribution in [2.24, 2.45) is 11.3 Å². The average Bonchev–Trinajstić information content (AvgIpc) is 2.46. The van der Waals surface area contributed by atoms with Crippen molar-refractivity contribution in [2.75, 3.05) is 0 Å². The van der Waals surface area contributed by atoms with E-state index in [2.05, 4.69) is 33.0 Å². The molecule has 1 heterocycles. The van der Waals surface area contributed by atoms with Gasteiger partial charge in [0, 0.05) is 12.5 Å². The Balaban J connectivity index is 0. The third-order valence-electron chi connectivity index (χ3n) is 2.44. The van der Waals surface area contributed by atoms with Crippen LogP contribution in [0.15, 0.2) is 0 Å². The quantitative estimate of drug-likeness (QED) is 0.711. The molecule has 0 bridgehead atoms. The number of hydrogen-bond acceptors (Lipinski definition) is 1. The minimum Gasteiger partial charge on any atom is -0.353 e. The molecule has 0 aromatic heterocycles. The Morgan fingerprint density at radius 2 is 1.60 bits per heavy atom. The van der Waals surface area contributed by atoms with Crippen LogP contribution in [0.3, 0.4) is 0 Å². The van der Waals surface area contributed by atoms with E-state index in [-0.39, 0.29) is 11.3 Å². The van der Waals surface area contributed by atoms with Gasteiger partial charge in [-0.05, 0) is 11.3 Å². The molecule has 1 amide bonds. The van der Waals surface area contributed by atoms with E-state index in [0.29, 0.717) is 18.4 Å². The molecule has 0 aromatic rings. The summed E-state index contributed by atoms with van der Waals surface area (Å²) in [6.45, 7) is 16.6. The fourth-order valence-corrected chi connectivity index (χ4v) is 2.01. The first kappa shape index (κ1) is 16.9. The lowest BCUT2D eigenvalue weighted by atomic mass is 9.79. The lowest BCUT2D eigenvalue weighted by Crippen LogP contribution is -2.37. The van der Waals surface area contributed by atoms with Gasteiger partial charge < -0.3 is 5.32 Å². The molecule has 1 N–H and O–H groups in total. The molecule has 15 heavy (non-hydrogen) atoms. The molecule has 0 saturated carbocycles. The highest BCUT2D eigenvalue weighted by molar-refractivity contribution is 5.79. The van der Waals surface area contributed by atoms with Crippen LogP contribution in [0.1, 0.15) is 61.8 Å². The molecule has 1 aliphatic rings. The highest BCUT2D eigenvalue weighted by Crippen LogP contribution is 2.34. The second-order valence-corrected chi connectivity index (χ2v) is 4.45. The van der Waals surface area contributed by atoms with Crippen molar-refractivity contribution in [1.82, 2.24) is 5.32 Å². The molecule has 1 saturated heterocycles. The van der Waals surface area contributed by atoms with Crippen molar-refractivity contribution < 1.29 is 4.79 Å². The summed E-state index contributed by atoms with van der Waals surface area (Å²) in [6.07, 6.45) is 0.676. The lowest BCUT2D eigenvalue weighted by molar-refractivity contribution is -0.119. The number of nitrogens with one attached hydrogen (secondary N) is 1. The van der Waals surface area contributed by atoms with Gasteiger partial charge in [-0.1, -0.05) is 55.4 Å². The van der Waals surface area contributed by atoms with Gasteiger partial charge in [0.15, 0.2) is 0 Å². The summed E-state index contributed by atoms with van der Waals surface area (Å²) in [5.41, 5.74) is 0.144. The maximum atomic E-state index is 11.1. The van der Waals surface area contributed by atoms with Crippen LogP contribution in [0, 0.1) is 11.3 Å². The molecular formula is C13H29NO. The van der Waals surface area contributed by atoms with Gasteiger partial charge in [0.05, 0.1) is 0 Å². The first-order chi connectivity index (χ1) is 6.93. The first-order valence-electron chi connectivity index (χ1n) is 6.23. The minimum absolute atomic E-state index is 0.144. The molecule has 1 fully saturated rings. The van der Waals surface area contributed by atoms with Crippen molar-refractivity contribution in [1.29, 1.82) is 0 Å². The van der Waals surface area contributed by atoms with Crippen LogP contribution in [0.25, 0.3) is 0 Å². The van der Waals surface area contributed by atoms with Crippen LogP contribution in [-0.2, 0) is 4.79 Å². The fraction of sp³-hybridized carbons (Fsp3) is 0.923. The molecule has 0 spiro atoms. The summed E-state index contributed by atoms with van der Waals surface area (Å²) >= 11 is 0. The maximum absolute atomic E-state index is 11.1. The number of hydrogen-bond donors (Lipinski definition) is 1. The Morgan fingerprint density at radius 1 is 1.20 bits per heavy atom. The van der Waals surface area contributed by atoms with Crippen LogP contribution < -0.4 is 5.32 Å². The number of carbonyl (C=O) groups excluding carboxylic acids is 1. The summed E-state index contributed by atoms with van der Waals surface area (Å²) in [7, 11) is 0. The van der Waals surface area contributed by atoms with E-state index in [4.69, 9.17) is 0 Å². The molecule has 1 unspecified atom stereocenters. The molecule has 92 valence electrons. The molecule has 2 heteroatoms. The normalized spacial score (nSPS) is 22.2. The third-order valence-corrected chi connectivity index (χ3v) is 2.44. The first-order valence-corrected chi connectivity index (χ1v) is 6.23. The third kappa shape index (κ3) is 5.19. The van der Waals surface area contributed by atoms with Crippen molar-refractivity contribution >= 4 is 5.91 Å². The van der Waals surface area contributed by atoms with E-state index in [9.17, 15) is 4.79 Å². The average molecular weight is 215 g/mol. The van der Waals surface area contributed by atoms with Crippen LogP contribution in [-0.4, -0.2) is 11.9 Å². The molecular weight excluding hydrogens is 186 g/mol. The zero-order chi connectivity index (χ0) is 12.6. The van der Waals surface area contributed by atoms with E-state index in [1.54, 1.807) is 0 Å². The standard InChI is InChI=1S/C9H17NO.2C2H6/c1-6(2)8-9(3,4)5-7(11)10-8;2*1-2/h6,8H,5H2,1-4H3,(H,10,11);2*1-2H3. The van der Waals surface area contributed by atoms with Crippen LogP contribution >= 0.6 is 0 Å². The topological polar surface area (TPSA) is 29.1 Å².